The second-order valence-electron chi connectivity index (χ2n) is 4.15. The first-order valence-corrected chi connectivity index (χ1v) is 5.61. The van der Waals surface area contributed by atoms with Gasteiger partial charge in [0.15, 0.2) is 0 Å². The van der Waals surface area contributed by atoms with Crippen molar-refractivity contribution < 1.29 is 14.3 Å². The number of hydrogen-bond donors (Lipinski definition) is 0. The monoisotopic (exact) mass is 198 g/mol. The molecule has 2 aliphatic rings. The Kier molecular flexibility index (Phi) is 3.06. The zero-order chi connectivity index (χ0) is 9.97. The van der Waals surface area contributed by atoms with Crippen molar-refractivity contribution in [2.24, 2.45) is 11.8 Å². The number of hydrogen-bond acceptors (Lipinski definition) is 3. The lowest BCUT2D eigenvalue weighted by molar-refractivity contribution is -0.152. The van der Waals surface area contributed by atoms with Crippen LogP contribution in [0.25, 0.3) is 0 Å². The summed E-state index contributed by atoms with van der Waals surface area (Å²) in [6.45, 7) is 3.18. The lowest BCUT2D eigenvalue weighted by atomic mass is 9.77. The summed E-state index contributed by atoms with van der Waals surface area (Å²) >= 11 is 0. The van der Waals surface area contributed by atoms with E-state index in [0.717, 1.165) is 32.3 Å². The fraction of sp³-hybridized carbons (Fsp3) is 0.909. The Labute approximate surface area is 84.8 Å². The Morgan fingerprint density at radius 1 is 1.43 bits per heavy atom. The summed E-state index contributed by atoms with van der Waals surface area (Å²) in [5.41, 5.74) is 0. The van der Waals surface area contributed by atoms with Crippen LogP contribution in [0.5, 0.6) is 0 Å². The van der Waals surface area contributed by atoms with Gasteiger partial charge in [0.2, 0.25) is 0 Å². The highest BCUT2D eigenvalue weighted by Gasteiger charge is 2.41. The SMILES string of the molecule is CCOC(=O)[C@@H]1CCC[C@H]2OCC[C@H]21. The van der Waals surface area contributed by atoms with Gasteiger partial charge in [0.05, 0.1) is 18.6 Å². The van der Waals surface area contributed by atoms with Crippen molar-refractivity contribution in [1.82, 2.24) is 0 Å². The topological polar surface area (TPSA) is 35.5 Å². The standard InChI is InChI=1S/C11H18O3/c1-2-13-11(12)9-4-3-5-10-8(9)6-7-14-10/h8-10H,2-7H2,1H3/t8-,9+,10+/m0/s1. The van der Waals surface area contributed by atoms with E-state index in [1.54, 1.807) is 0 Å². The maximum atomic E-state index is 11.7. The van der Waals surface area contributed by atoms with E-state index in [2.05, 4.69) is 0 Å². The van der Waals surface area contributed by atoms with Crippen LogP contribution in [0.2, 0.25) is 0 Å². The molecule has 0 aromatic rings. The number of rotatable bonds is 2. The highest BCUT2D eigenvalue weighted by atomic mass is 16.5. The number of carbonyl (C=O) groups is 1. The van der Waals surface area contributed by atoms with E-state index in [1.807, 2.05) is 6.92 Å². The predicted molar refractivity (Wildman–Crippen MR) is 51.8 cm³/mol. The average molecular weight is 198 g/mol. The molecule has 2 fully saturated rings. The van der Waals surface area contributed by atoms with Crippen LogP contribution in [0.15, 0.2) is 0 Å². The molecule has 0 amide bonds. The number of fused-ring (bicyclic) bond motifs is 1. The van der Waals surface area contributed by atoms with Crippen molar-refractivity contribution in [2.75, 3.05) is 13.2 Å². The Morgan fingerprint density at radius 2 is 2.29 bits per heavy atom. The van der Waals surface area contributed by atoms with Crippen molar-refractivity contribution >= 4 is 5.97 Å². The smallest absolute Gasteiger partial charge is 0.309 e. The minimum absolute atomic E-state index is 0.00676. The molecule has 1 saturated heterocycles. The van der Waals surface area contributed by atoms with Crippen molar-refractivity contribution in [3.05, 3.63) is 0 Å². The number of esters is 1. The lowest BCUT2D eigenvalue weighted by Gasteiger charge is -2.30. The van der Waals surface area contributed by atoms with Crippen molar-refractivity contribution in [1.29, 1.82) is 0 Å². The first kappa shape index (κ1) is 9.97. The summed E-state index contributed by atoms with van der Waals surface area (Å²) in [7, 11) is 0. The molecule has 1 aliphatic carbocycles. The number of ether oxygens (including phenoxy) is 2. The fourth-order valence-electron chi connectivity index (χ4n) is 2.72. The maximum absolute atomic E-state index is 11.7. The minimum atomic E-state index is -0.00676. The van der Waals surface area contributed by atoms with E-state index < -0.39 is 0 Å². The van der Waals surface area contributed by atoms with Gasteiger partial charge in [-0.25, -0.2) is 0 Å². The zero-order valence-electron chi connectivity index (χ0n) is 8.70. The van der Waals surface area contributed by atoms with Gasteiger partial charge in [-0.05, 0) is 32.6 Å². The van der Waals surface area contributed by atoms with Crippen LogP contribution >= 0.6 is 0 Å². The first-order chi connectivity index (χ1) is 6.83. The molecule has 3 heteroatoms. The molecule has 0 unspecified atom stereocenters. The van der Waals surface area contributed by atoms with E-state index in [9.17, 15) is 4.79 Å². The van der Waals surface area contributed by atoms with E-state index >= 15 is 0 Å². The molecule has 1 saturated carbocycles. The van der Waals surface area contributed by atoms with Crippen LogP contribution < -0.4 is 0 Å². The molecule has 3 nitrogen and oxygen atoms in total. The summed E-state index contributed by atoms with van der Waals surface area (Å²) in [6, 6.07) is 0. The molecule has 0 bridgehead atoms. The van der Waals surface area contributed by atoms with Gasteiger partial charge < -0.3 is 9.47 Å². The highest BCUT2D eigenvalue weighted by molar-refractivity contribution is 5.73. The molecule has 0 N–H and O–H groups in total. The molecule has 0 aromatic heterocycles. The van der Waals surface area contributed by atoms with Gasteiger partial charge in [-0.15, -0.1) is 0 Å². The Hall–Kier alpha value is -0.570. The van der Waals surface area contributed by atoms with E-state index in [0.29, 0.717) is 18.6 Å². The van der Waals surface area contributed by atoms with Crippen LogP contribution in [-0.2, 0) is 14.3 Å². The maximum Gasteiger partial charge on any atom is 0.309 e. The van der Waals surface area contributed by atoms with Crippen LogP contribution in [-0.4, -0.2) is 25.3 Å². The van der Waals surface area contributed by atoms with E-state index in [-0.39, 0.29) is 11.9 Å². The van der Waals surface area contributed by atoms with Crippen molar-refractivity contribution in [2.45, 2.75) is 38.7 Å². The van der Waals surface area contributed by atoms with Crippen LogP contribution in [0, 0.1) is 11.8 Å². The third-order valence-corrected chi connectivity index (χ3v) is 3.37. The molecule has 3 atom stereocenters. The van der Waals surface area contributed by atoms with Gasteiger partial charge in [-0.1, -0.05) is 0 Å². The molecule has 2 rings (SSSR count). The average Bonchev–Trinajstić information content (AvgIpc) is 2.65. The molecule has 1 aliphatic heterocycles. The molecular formula is C11H18O3. The summed E-state index contributed by atoms with van der Waals surface area (Å²) in [5, 5.41) is 0. The van der Waals surface area contributed by atoms with Gasteiger partial charge in [-0.2, -0.15) is 0 Å². The molecule has 0 radical (unpaired) electrons. The molecule has 80 valence electrons. The first-order valence-electron chi connectivity index (χ1n) is 5.61. The molecular weight excluding hydrogens is 180 g/mol. The zero-order valence-corrected chi connectivity index (χ0v) is 8.70. The number of carbonyl (C=O) groups excluding carboxylic acids is 1. The van der Waals surface area contributed by atoms with Crippen molar-refractivity contribution in [3.8, 4) is 0 Å². The Morgan fingerprint density at radius 3 is 3.07 bits per heavy atom. The highest BCUT2D eigenvalue weighted by Crippen LogP contribution is 2.39. The second-order valence-corrected chi connectivity index (χ2v) is 4.15. The van der Waals surface area contributed by atoms with Gasteiger partial charge in [0.1, 0.15) is 0 Å². The third kappa shape index (κ3) is 1.78. The summed E-state index contributed by atoms with van der Waals surface area (Å²) in [4.78, 5) is 11.7. The molecule has 0 aromatic carbocycles. The van der Waals surface area contributed by atoms with Crippen LogP contribution in [0.4, 0.5) is 0 Å². The fourth-order valence-corrected chi connectivity index (χ4v) is 2.72. The van der Waals surface area contributed by atoms with Crippen LogP contribution in [0.1, 0.15) is 32.6 Å². The second kappa shape index (κ2) is 4.30. The summed E-state index contributed by atoms with van der Waals surface area (Å²) in [6.07, 6.45) is 4.58. The molecule has 14 heavy (non-hydrogen) atoms. The van der Waals surface area contributed by atoms with Gasteiger partial charge in [0, 0.05) is 12.5 Å². The van der Waals surface area contributed by atoms with E-state index in [4.69, 9.17) is 9.47 Å². The summed E-state index contributed by atoms with van der Waals surface area (Å²) in [5.74, 6) is 0.534. The van der Waals surface area contributed by atoms with E-state index in [1.165, 1.54) is 0 Å². The minimum Gasteiger partial charge on any atom is -0.466 e. The van der Waals surface area contributed by atoms with Crippen LogP contribution in [0.3, 0.4) is 0 Å². The normalized spacial score (nSPS) is 36.5. The largest absolute Gasteiger partial charge is 0.466 e. The Balaban J connectivity index is 1.99. The van der Waals surface area contributed by atoms with Gasteiger partial charge in [-0.3, -0.25) is 4.79 Å². The summed E-state index contributed by atoms with van der Waals surface area (Å²) < 4.78 is 10.7. The molecule has 1 heterocycles. The lowest BCUT2D eigenvalue weighted by Crippen LogP contribution is -2.35. The van der Waals surface area contributed by atoms with Crippen molar-refractivity contribution in [3.63, 3.8) is 0 Å². The Bertz CT molecular complexity index is 215. The molecule has 0 spiro atoms. The predicted octanol–water partition coefficient (Wildman–Crippen LogP) is 1.75. The van der Waals surface area contributed by atoms with Gasteiger partial charge in [0.25, 0.3) is 0 Å². The third-order valence-electron chi connectivity index (χ3n) is 3.37. The quantitative estimate of drug-likeness (QED) is 0.634. The van der Waals surface area contributed by atoms with Gasteiger partial charge >= 0.3 is 5.97 Å².